The summed E-state index contributed by atoms with van der Waals surface area (Å²) in [5.41, 5.74) is 3.39. The summed E-state index contributed by atoms with van der Waals surface area (Å²) < 4.78 is 13.2. The maximum absolute atomic E-state index is 13.2. The molecular formula is C18H15ClFN. The predicted molar refractivity (Wildman–Crippen MR) is 84.2 cm³/mol. The molecule has 2 aromatic rings. The van der Waals surface area contributed by atoms with Crippen LogP contribution in [0.5, 0.6) is 0 Å². The van der Waals surface area contributed by atoms with Gasteiger partial charge in [0, 0.05) is 5.92 Å². The number of allylic oxidation sites excluding steroid dienone is 2. The van der Waals surface area contributed by atoms with Gasteiger partial charge in [-0.05, 0) is 41.7 Å². The van der Waals surface area contributed by atoms with Gasteiger partial charge < -0.3 is 5.32 Å². The molecule has 2 aromatic carbocycles. The molecule has 1 aliphatic heterocycles. The summed E-state index contributed by atoms with van der Waals surface area (Å²) in [7, 11) is 0. The van der Waals surface area contributed by atoms with E-state index >= 15 is 0 Å². The summed E-state index contributed by atoms with van der Waals surface area (Å²) in [6.07, 6.45) is 5.55. The first-order valence-corrected chi connectivity index (χ1v) is 7.59. The van der Waals surface area contributed by atoms with E-state index in [1.54, 1.807) is 0 Å². The average molecular weight is 300 g/mol. The number of para-hydroxylation sites is 1. The summed E-state index contributed by atoms with van der Waals surface area (Å²) in [5.74, 6) is 0.644. The third kappa shape index (κ3) is 2.06. The van der Waals surface area contributed by atoms with Crippen LogP contribution in [0, 0.1) is 11.7 Å². The van der Waals surface area contributed by atoms with Crippen molar-refractivity contribution in [3.63, 3.8) is 0 Å². The molecule has 3 atom stereocenters. The first-order valence-electron chi connectivity index (χ1n) is 7.21. The van der Waals surface area contributed by atoms with Gasteiger partial charge >= 0.3 is 0 Å². The van der Waals surface area contributed by atoms with Crippen molar-refractivity contribution in [2.24, 2.45) is 5.92 Å². The molecule has 2 aliphatic rings. The normalized spacial score (nSPS) is 26.1. The van der Waals surface area contributed by atoms with Crippen molar-refractivity contribution in [2.45, 2.75) is 18.4 Å². The van der Waals surface area contributed by atoms with E-state index in [1.807, 2.05) is 24.3 Å². The first kappa shape index (κ1) is 12.9. The molecule has 0 fully saturated rings. The van der Waals surface area contributed by atoms with E-state index in [1.165, 1.54) is 17.7 Å². The van der Waals surface area contributed by atoms with Crippen LogP contribution >= 0.6 is 11.6 Å². The molecule has 3 heteroatoms. The van der Waals surface area contributed by atoms with E-state index < -0.39 is 0 Å². The van der Waals surface area contributed by atoms with Gasteiger partial charge in [0.25, 0.3) is 0 Å². The standard InChI is InChI=1S/C18H15ClFN/c19-16-6-2-5-15-13-3-1-4-14(13)17(21-18(15)16)11-7-9-12(20)10-8-11/h1-3,5-10,13-14,17,21H,4H2/t13-,14+,17-/m0/s1. The Bertz CT molecular complexity index is 708. The number of nitrogens with one attached hydrogen (secondary N) is 1. The van der Waals surface area contributed by atoms with Crippen LogP contribution in [0.1, 0.15) is 29.5 Å². The van der Waals surface area contributed by atoms with Crippen LogP contribution in [0.3, 0.4) is 0 Å². The molecule has 0 amide bonds. The minimum absolute atomic E-state index is 0.165. The van der Waals surface area contributed by atoms with E-state index in [4.69, 9.17) is 11.6 Å². The molecular weight excluding hydrogens is 285 g/mol. The second kappa shape index (κ2) is 4.88. The number of hydrogen-bond donors (Lipinski definition) is 1. The molecule has 1 nitrogen and oxygen atoms in total. The van der Waals surface area contributed by atoms with Crippen LogP contribution in [0.2, 0.25) is 5.02 Å². The second-order valence-corrected chi connectivity index (χ2v) is 6.14. The molecule has 0 bridgehead atoms. The van der Waals surface area contributed by atoms with Crippen molar-refractivity contribution < 1.29 is 4.39 Å². The topological polar surface area (TPSA) is 12.0 Å². The molecule has 1 aliphatic carbocycles. The lowest BCUT2D eigenvalue weighted by molar-refractivity contribution is 0.425. The van der Waals surface area contributed by atoms with Crippen LogP contribution in [0.25, 0.3) is 0 Å². The first-order chi connectivity index (χ1) is 10.2. The lowest BCUT2D eigenvalue weighted by Gasteiger charge is -2.38. The average Bonchev–Trinajstić information content (AvgIpc) is 2.98. The van der Waals surface area contributed by atoms with Gasteiger partial charge in [-0.1, -0.05) is 48.0 Å². The highest BCUT2D eigenvalue weighted by Crippen LogP contribution is 2.51. The van der Waals surface area contributed by atoms with Gasteiger partial charge in [0.15, 0.2) is 0 Å². The van der Waals surface area contributed by atoms with Crippen molar-refractivity contribution in [1.82, 2.24) is 0 Å². The van der Waals surface area contributed by atoms with Crippen LogP contribution in [-0.2, 0) is 0 Å². The van der Waals surface area contributed by atoms with Crippen LogP contribution < -0.4 is 5.32 Å². The Hall–Kier alpha value is -1.80. The Labute approximate surface area is 128 Å². The van der Waals surface area contributed by atoms with Gasteiger partial charge in [0.1, 0.15) is 5.82 Å². The summed E-state index contributed by atoms with van der Waals surface area (Å²) in [6.45, 7) is 0. The largest absolute Gasteiger partial charge is 0.376 e. The maximum atomic E-state index is 13.2. The van der Waals surface area contributed by atoms with Crippen molar-refractivity contribution in [1.29, 1.82) is 0 Å². The maximum Gasteiger partial charge on any atom is 0.123 e. The van der Waals surface area contributed by atoms with Gasteiger partial charge in [-0.15, -0.1) is 0 Å². The molecule has 0 saturated heterocycles. The molecule has 4 rings (SSSR count). The second-order valence-electron chi connectivity index (χ2n) is 5.73. The van der Waals surface area contributed by atoms with Crippen LogP contribution in [0.15, 0.2) is 54.6 Å². The smallest absolute Gasteiger partial charge is 0.123 e. The monoisotopic (exact) mass is 299 g/mol. The van der Waals surface area contributed by atoms with Gasteiger partial charge in [-0.25, -0.2) is 4.39 Å². The number of fused-ring (bicyclic) bond motifs is 3. The van der Waals surface area contributed by atoms with E-state index in [9.17, 15) is 4.39 Å². The third-order valence-corrected chi connectivity index (χ3v) is 4.89. The SMILES string of the molecule is Fc1ccc([C@@H]2Nc3c(Cl)cccc3[C@H]3C=CC[C@H]32)cc1. The molecule has 21 heavy (non-hydrogen) atoms. The van der Waals surface area contributed by atoms with E-state index in [0.29, 0.717) is 11.8 Å². The molecule has 0 saturated carbocycles. The van der Waals surface area contributed by atoms with Gasteiger partial charge in [0.2, 0.25) is 0 Å². The van der Waals surface area contributed by atoms with Crippen molar-refractivity contribution in [3.8, 4) is 0 Å². The zero-order chi connectivity index (χ0) is 14.4. The molecule has 0 unspecified atom stereocenters. The molecule has 0 aromatic heterocycles. The lowest BCUT2D eigenvalue weighted by Crippen LogP contribution is -2.29. The molecule has 1 N–H and O–H groups in total. The summed E-state index contributed by atoms with van der Waals surface area (Å²) >= 11 is 6.36. The fourth-order valence-corrected chi connectivity index (χ4v) is 3.82. The fraction of sp³-hybridized carbons (Fsp3) is 0.222. The Morgan fingerprint density at radius 1 is 1.10 bits per heavy atom. The highest BCUT2D eigenvalue weighted by Gasteiger charge is 2.38. The van der Waals surface area contributed by atoms with Gasteiger partial charge in [-0.3, -0.25) is 0 Å². The zero-order valence-electron chi connectivity index (χ0n) is 11.4. The van der Waals surface area contributed by atoms with Crippen molar-refractivity contribution in [2.75, 3.05) is 5.32 Å². The minimum atomic E-state index is -0.200. The highest BCUT2D eigenvalue weighted by atomic mass is 35.5. The van der Waals surface area contributed by atoms with Crippen molar-refractivity contribution in [3.05, 3.63) is 76.6 Å². The predicted octanol–water partition coefficient (Wildman–Crippen LogP) is 5.31. The Morgan fingerprint density at radius 3 is 2.71 bits per heavy atom. The van der Waals surface area contributed by atoms with Crippen LogP contribution in [-0.4, -0.2) is 0 Å². The number of anilines is 1. The summed E-state index contributed by atoms with van der Waals surface area (Å²) in [5, 5.41) is 4.33. The molecule has 0 radical (unpaired) electrons. The summed E-state index contributed by atoms with van der Waals surface area (Å²) in [6, 6.07) is 13.0. The summed E-state index contributed by atoms with van der Waals surface area (Å²) in [4.78, 5) is 0. The fourth-order valence-electron chi connectivity index (χ4n) is 3.58. The molecule has 106 valence electrons. The number of hydrogen-bond acceptors (Lipinski definition) is 1. The highest BCUT2D eigenvalue weighted by molar-refractivity contribution is 6.33. The molecule has 1 heterocycles. The van der Waals surface area contributed by atoms with Gasteiger partial charge in [0.05, 0.1) is 16.8 Å². The molecule has 0 spiro atoms. The van der Waals surface area contributed by atoms with E-state index in [0.717, 1.165) is 22.7 Å². The Kier molecular flexibility index (Phi) is 3.00. The number of rotatable bonds is 1. The lowest BCUT2D eigenvalue weighted by atomic mass is 9.77. The third-order valence-electron chi connectivity index (χ3n) is 4.58. The number of halogens is 2. The van der Waals surface area contributed by atoms with E-state index in [2.05, 4.69) is 23.5 Å². The van der Waals surface area contributed by atoms with E-state index in [-0.39, 0.29) is 11.9 Å². The Balaban J connectivity index is 1.81. The van der Waals surface area contributed by atoms with Gasteiger partial charge in [-0.2, -0.15) is 0 Å². The minimum Gasteiger partial charge on any atom is -0.376 e. The number of benzene rings is 2. The van der Waals surface area contributed by atoms with Crippen LogP contribution in [0.4, 0.5) is 10.1 Å². The quantitative estimate of drug-likeness (QED) is 0.704. The van der Waals surface area contributed by atoms with Crippen molar-refractivity contribution >= 4 is 17.3 Å². The Morgan fingerprint density at radius 2 is 1.90 bits per heavy atom. The zero-order valence-corrected chi connectivity index (χ0v) is 12.1.